The van der Waals surface area contributed by atoms with Crippen molar-refractivity contribution >= 4 is 11.6 Å². The Kier molecular flexibility index (Phi) is 16.8. The highest BCUT2D eigenvalue weighted by molar-refractivity contribution is 5.92. The number of hydrogen-bond acceptors (Lipinski definition) is 3. The van der Waals surface area contributed by atoms with Gasteiger partial charge in [-0.05, 0) is 18.6 Å². The van der Waals surface area contributed by atoms with Crippen molar-refractivity contribution in [2.24, 2.45) is 0 Å². The summed E-state index contributed by atoms with van der Waals surface area (Å²) in [6.45, 7) is 2.28. The van der Waals surface area contributed by atoms with Crippen LogP contribution in [0.4, 0.5) is 5.69 Å². The second-order valence-electron chi connectivity index (χ2n) is 8.67. The molecule has 4 nitrogen and oxygen atoms in total. The molecule has 0 aliphatic rings. The fourth-order valence-corrected chi connectivity index (χ4v) is 3.96. The van der Waals surface area contributed by atoms with E-state index in [9.17, 15) is 4.79 Å². The van der Waals surface area contributed by atoms with Crippen molar-refractivity contribution in [3.05, 3.63) is 18.2 Å². The molecule has 1 aromatic rings. The fraction of sp³-hybridized carbons (Fsp3) is 0.741. The van der Waals surface area contributed by atoms with Crippen LogP contribution in [0.1, 0.15) is 116 Å². The zero-order valence-corrected chi connectivity index (χ0v) is 20.5. The van der Waals surface area contributed by atoms with E-state index in [4.69, 9.17) is 9.47 Å². The second-order valence-corrected chi connectivity index (χ2v) is 8.67. The molecule has 0 aliphatic carbocycles. The number of unbranched alkanes of at least 4 members (excludes halogenated alkanes) is 15. The summed E-state index contributed by atoms with van der Waals surface area (Å²) in [5, 5.41) is 2.94. The van der Waals surface area contributed by atoms with Gasteiger partial charge in [-0.2, -0.15) is 0 Å². The van der Waals surface area contributed by atoms with Crippen molar-refractivity contribution in [3.8, 4) is 11.5 Å². The smallest absolute Gasteiger partial charge is 0.224 e. The lowest BCUT2D eigenvalue weighted by atomic mass is 10.0. The molecular formula is C27H47NO3. The standard InChI is InChI=1S/C27H47NO3/c1-4-5-6-7-8-9-10-11-12-13-14-15-16-17-18-19-20-27(29)28-25-23-24(30-2)21-22-26(25)31-3/h21-23H,4-20H2,1-3H3,(H,28,29). The molecule has 0 bridgehead atoms. The maximum atomic E-state index is 12.2. The lowest BCUT2D eigenvalue weighted by Gasteiger charge is -2.11. The number of nitrogens with one attached hydrogen (secondary N) is 1. The van der Waals surface area contributed by atoms with E-state index in [2.05, 4.69) is 12.2 Å². The Morgan fingerprint density at radius 2 is 1.19 bits per heavy atom. The summed E-state index contributed by atoms with van der Waals surface area (Å²) >= 11 is 0. The minimum Gasteiger partial charge on any atom is -0.497 e. The first-order valence-electron chi connectivity index (χ1n) is 12.7. The van der Waals surface area contributed by atoms with Gasteiger partial charge in [-0.3, -0.25) is 4.79 Å². The largest absolute Gasteiger partial charge is 0.497 e. The van der Waals surface area contributed by atoms with E-state index in [1.807, 2.05) is 12.1 Å². The summed E-state index contributed by atoms with van der Waals surface area (Å²) in [7, 11) is 3.22. The summed E-state index contributed by atoms with van der Waals surface area (Å²) < 4.78 is 10.5. The molecule has 4 heteroatoms. The minimum absolute atomic E-state index is 0.0388. The maximum absolute atomic E-state index is 12.2. The predicted molar refractivity (Wildman–Crippen MR) is 132 cm³/mol. The number of ether oxygens (including phenoxy) is 2. The fourth-order valence-electron chi connectivity index (χ4n) is 3.96. The van der Waals surface area contributed by atoms with Crippen LogP contribution in [0.25, 0.3) is 0 Å². The Labute approximate surface area is 191 Å². The number of hydrogen-bond donors (Lipinski definition) is 1. The lowest BCUT2D eigenvalue weighted by molar-refractivity contribution is -0.116. The average Bonchev–Trinajstić information content (AvgIpc) is 2.78. The summed E-state index contributed by atoms with van der Waals surface area (Å²) in [5.41, 5.74) is 0.670. The van der Waals surface area contributed by atoms with E-state index in [-0.39, 0.29) is 5.91 Å². The number of benzene rings is 1. The van der Waals surface area contributed by atoms with Gasteiger partial charge in [-0.1, -0.05) is 103 Å². The van der Waals surface area contributed by atoms with Crippen molar-refractivity contribution in [2.45, 2.75) is 116 Å². The van der Waals surface area contributed by atoms with E-state index in [1.165, 1.54) is 89.9 Å². The van der Waals surface area contributed by atoms with Crippen LogP contribution < -0.4 is 14.8 Å². The van der Waals surface area contributed by atoms with Crippen LogP contribution in [0.5, 0.6) is 11.5 Å². The summed E-state index contributed by atoms with van der Waals surface area (Å²) in [6, 6.07) is 5.43. The van der Waals surface area contributed by atoms with Crippen LogP contribution in [0.15, 0.2) is 18.2 Å². The molecule has 0 radical (unpaired) electrons. The quantitative estimate of drug-likeness (QED) is 0.210. The first kappa shape index (κ1) is 27.3. The molecule has 1 N–H and O–H groups in total. The van der Waals surface area contributed by atoms with Gasteiger partial charge in [0.1, 0.15) is 11.5 Å². The third-order valence-corrected chi connectivity index (χ3v) is 5.94. The number of carbonyl (C=O) groups excluding carboxylic acids is 1. The molecule has 0 atom stereocenters. The molecule has 1 aromatic carbocycles. The van der Waals surface area contributed by atoms with Crippen molar-refractivity contribution in [1.29, 1.82) is 0 Å². The van der Waals surface area contributed by atoms with Crippen LogP contribution in [0, 0.1) is 0 Å². The highest BCUT2D eigenvalue weighted by atomic mass is 16.5. The maximum Gasteiger partial charge on any atom is 0.224 e. The second kappa shape index (κ2) is 19.0. The zero-order chi connectivity index (χ0) is 22.6. The lowest BCUT2D eigenvalue weighted by Crippen LogP contribution is -2.12. The van der Waals surface area contributed by atoms with E-state index in [1.54, 1.807) is 20.3 Å². The van der Waals surface area contributed by atoms with Crippen LogP contribution in [0.2, 0.25) is 0 Å². The van der Waals surface area contributed by atoms with Gasteiger partial charge in [0.25, 0.3) is 0 Å². The Balaban J connectivity index is 1.94. The minimum atomic E-state index is 0.0388. The van der Waals surface area contributed by atoms with Gasteiger partial charge in [0.2, 0.25) is 5.91 Å². The Morgan fingerprint density at radius 1 is 0.710 bits per heavy atom. The van der Waals surface area contributed by atoms with Crippen molar-refractivity contribution < 1.29 is 14.3 Å². The van der Waals surface area contributed by atoms with E-state index in [0.29, 0.717) is 23.6 Å². The van der Waals surface area contributed by atoms with Crippen LogP contribution in [-0.4, -0.2) is 20.1 Å². The molecule has 0 aromatic heterocycles. The normalized spacial score (nSPS) is 10.8. The SMILES string of the molecule is CCCCCCCCCCCCCCCCCCC(=O)Nc1cc(OC)ccc1OC. The van der Waals surface area contributed by atoms with Gasteiger partial charge < -0.3 is 14.8 Å². The van der Waals surface area contributed by atoms with Gasteiger partial charge in [0.05, 0.1) is 19.9 Å². The third kappa shape index (κ3) is 14.1. The Bertz CT molecular complexity index is 574. The Hall–Kier alpha value is -1.71. The Morgan fingerprint density at radius 3 is 1.65 bits per heavy atom. The van der Waals surface area contributed by atoms with Crippen molar-refractivity contribution in [3.63, 3.8) is 0 Å². The molecule has 31 heavy (non-hydrogen) atoms. The number of rotatable bonds is 20. The van der Waals surface area contributed by atoms with E-state index >= 15 is 0 Å². The molecule has 0 fully saturated rings. The first-order chi connectivity index (χ1) is 15.2. The van der Waals surface area contributed by atoms with Crippen LogP contribution >= 0.6 is 0 Å². The van der Waals surface area contributed by atoms with Gasteiger partial charge in [-0.25, -0.2) is 0 Å². The van der Waals surface area contributed by atoms with Gasteiger partial charge >= 0.3 is 0 Å². The highest BCUT2D eigenvalue weighted by Crippen LogP contribution is 2.29. The molecule has 0 heterocycles. The van der Waals surface area contributed by atoms with Gasteiger partial charge in [-0.15, -0.1) is 0 Å². The topological polar surface area (TPSA) is 47.6 Å². The third-order valence-electron chi connectivity index (χ3n) is 5.94. The number of carbonyl (C=O) groups is 1. The monoisotopic (exact) mass is 433 g/mol. The molecule has 178 valence electrons. The van der Waals surface area contributed by atoms with Crippen molar-refractivity contribution in [1.82, 2.24) is 0 Å². The summed E-state index contributed by atoms with van der Waals surface area (Å²) in [6.07, 6.45) is 22.0. The van der Waals surface area contributed by atoms with Crippen molar-refractivity contribution in [2.75, 3.05) is 19.5 Å². The van der Waals surface area contributed by atoms with E-state index in [0.717, 1.165) is 12.8 Å². The van der Waals surface area contributed by atoms with Crippen LogP contribution in [0.3, 0.4) is 0 Å². The highest BCUT2D eigenvalue weighted by Gasteiger charge is 2.09. The molecule has 1 amide bonds. The van der Waals surface area contributed by atoms with Gasteiger partial charge in [0.15, 0.2) is 0 Å². The number of methoxy groups -OCH3 is 2. The molecule has 1 rings (SSSR count). The van der Waals surface area contributed by atoms with Crippen LogP contribution in [-0.2, 0) is 4.79 Å². The average molecular weight is 434 g/mol. The van der Waals surface area contributed by atoms with E-state index < -0.39 is 0 Å². The molecular weight excluding hydrogens is 386 g/mol. The molecule has 0 saturated heterocycles. The summed E-state index contributed by atoms with van der Waals surface area (Å²) in [5.74, 6) is 1.40. The summed E-state index contributed by atoms with van der Waals surface area (Å²) in [4.78, 5) is 12.2. The molecule has 0 saturated carbocycles. The first-order valence-corrected chi connectivity index (χ1v) is 12.7. The molecule has 0 aliphatic heterocycles. The zero-order valence-electron chi connectivity index (χ0n) is 20.5. The van der Waals surface area contributed by atoms with Gasteiger partial charge in [0, 0.05) is 12.5 Å². The number of amides is 1. The number of anilines is 1. The molecule has 0 spiro atoms. The predicted octanol–water partition coefficient (Wildman–Crippen LogP) is 8.29. The molecule has 0 unspecified atom stereocenters.